The highest BCUT2D eigenvalue weighted by atomic mass is 35.5. The molecule has 19 heavy (non-hydrogen) atoms. The summed E-state index contributed by atoms with van der Waals surface area (Å²) in [6, 6.07) is 0.246. The van der Waals surface area contributed by atoms with Crippen LogP contribution < -0.4 is 10.1 Å². The lowest BCUT2D eigenvalue weighted by molar-refractivity contribution is 0.253. The van der Waals surface area contributed by atoms with E-state index in [0.717, 1.165) is 13.1 Å². The van der Waals surface area contributed by atoms with E-state index in [1.165, 1.54) is 0 Å². The minimum absolute atomic E-state index is 0.0916. The van der Waals surface area contributed by atoms with Crippen molar-refractivity contribution >= 4 is 17.5 Å². The molecule has 0 bridgehead atoms. The van der Waals surface area contributed by atoms with E-state index in [1.54, 1.807) is 0 Å². The molecular formula is C12H22ClN5O. The minimum Gasteiger partial charge on any atom is -0.464 e. The third kappa shape index (κ3) is 6.02. The average Bonchev–Trinajstić information content (AvgIpc) is 2.24. The molecule has 0 radical (unpaired) electrons. The molecular weight excluding hydrogens is 266 g/mol. The van der Waals surface area contributed by atoms with Crippen LogP contribution in [0.5, 0.6) is 6.01 Å². The van der Waals surface area contributed by atoms with Crippen molar-refractivity contribution in [2.45, 2.75) is 20.8 Å². The van der Waals surface area contributed by atoms with Gasteiger partial charge in [0.2, 0.25) is 11.2 Å². The molecule has 7 heteroatoms. The molecule has 0 aromatic carbocycles. The molecule has 1 aromatic heterocycles. The van der Waals surface area contributed by atoms with E-state index in [0.29, 0.717) is 12.6 Å². The Morgan fingerprint density at radius 1 is 1.26 bits per heavy atom. The van der Waals surface area contributed by atoms with Crippen molar-refractivity contribution in [2.75, 3.05) is 39.1 Å². The number of nitrogens with zero attached hydrogens (tertiary/aromatic N) is 4. The van der Waals surface area contributed by atoms with E-state index in [9.17, 15) is 0 Å². The average molecular weight is 288 g/mol. The molecule has 6 nitrogen and oxygen atoms in total. The summed E-state index contributed by atoms with van der Waals surface area (Å²) in [6.07, 6.45) is 0. The zero-order valence-corrected chi connectivity index (χ0v) is 13.0. The molecule has 0 saturated heterocycles. The van der Waals surface area contributed by atoms with Crippen LogP contribution in [0.25, 0.3) is 0 Å². The van der Waals surface area contributed by atoms with Crippen LogP contribution in [-0.2, 0) is 0 Å². The van der Waals surface area contributed by atoms with Gasteiger partial charge in [-0.2, -0.15) is 15.0 Å². The summed E-state index contributed by atoms with van der Waals surface area (Å²) in [5.74, 6) is 0.440. The van der Waals surface area contributed by atoms with Crippen LogP contribution in [0, 0.1) is 5.41 Å². The third-order valence-electron chi connectivity index (χ3n) is 2.33. The van der Waals surface area contributed by atoms with Gasteiger partial charge in [-0.25, -0.2) is 0 Å². The van der Waals surface area contributed by atoms with E-state index in [-0.39, 0.29) is 16.7 Å². The van der Waals surface area contributed by atoms with Crippen LogP contribution in [0.4, 0.5) is 5.95 Å². The highest BCUT2D eigenvalue weighted by molar-refractivity contribution is 6.28. The number of halogens is 1. The van der Waals surface area contributed by atoms with Gasteiger partial charge in [-0.1, -0.05) is 13.8 Å². The minimum atomic E-state index is 0.0916. The predicted octanol–water partition coefficient (Wildman–Crippen LogP) is 1.92. The zero-order chi connectivity index (χ0) is 14.5. The van der Waals surface area contributed by atoms with E-state index in [4.69, 9.17) is 16.3 Å². The van der Waals surface area contributed by atoms with Crippen molar-refractivity contribution in [3.63, 3.8) is 0 Å². The summed E-state index contributed by atoms with van der Waals surface area (Å²) in [6.45, 7) is 8.39. The number of ether oxygens (including phenoxy) is 1. The molecule has 108 valence electrons. The zero-order valence-electron chi connectivity index (χ0n) is 12.2. The van der Waals surface area contributed by atoms with Crippen LogP contribution in [0.2, 0.25) is 5.28 Å². The SMILES string of the molecule is CCOc1nc(Cl)nc(NCC(C)(C)CN(C)C)n1. The fourth-order valence-corrected chi connectivity index (χ4v) is 1.99. The first-order chi connectivity index (χ1) is 8.82. The molecule has 0 fully saturated rings. The number of hydrogen-bond acceptors (Lipinski definition) is 6. The summed E-state index contributed by atoms with van der Waals surface area (Å²) < 4.78 is 5.23. The Bertz CT molecular complexity index is 411. The van der Waals surface area contributed by atoms with E-state index in [2.05, 4.69) is 53.1 Å². The molecule has 1 aromatic rings. The van der Waals surface area contributed by atoms with E-state index in [1.807, 2.05) is 6.92 Å². The molecule has 1 N–H and O–H groups in total. The van der Waals surface area contributed by atoms with Crippen LogP contribution in [-0.4, -0.2) is 53.6 Å². The Morgan fingerprint density at radius 3 is 2.53 bits per heavy atom. The Hall–Kier alpha value is -1.14. The molecule has 0 aliphatic rings. The molecule has 0 saturated carbocycles. The molecule has 1 heterocycles. The summed E-state index contributed by atoms with van der Waals surface area (Å²) in [5, 5.41) is 3.31. The highest BCUT2D eigenvalue weighted by Crippen LogP contribution is 2.17. The van der Waals surface area contributed by atoms with Crippen molar-refractivity contribution in [3.8, 4) is 6.01 Å². The second-order valence-corrected chi connectivity index (χ2v) is 5.74. The lowest BCUT2D eigenvalue weighted by atomic mass is 9.93. The van der Waals surface area contributed by atoms with Crippen molar-refractivity contribution < 1.29 is 4.74 Å². The van der Waals surface area contributed by atoms with Gasteiger partial charge in [0.1, 0.15) is 0 Å². The molecule has 1 rings (SSSR count). The maximum atomic E-state index is 5.83. The van der Waals surface area contributed by atoms with Gasteiger partial charge in [-0.15, -0.1) is 0 Å². The van der Waals surface area contributed by atoms with Gasteiger partial charge < -0.3 is 15.0 Å². The standard InChI is InChI=1S/C12H22ClN5O/c1-6-19-11-16-9(13)15-10(17-11)14-7-12(2,3)8-18(4)5/h6-8H2,1-5H3,(H,14,15,16,17). The van der Waals surface area contributed by atoms with E-state index >= 15 is 0 Å². The fraction of sp³-hybridized carbons (Fsp3) is 0.750. The van der Waals surface area contributed by atoms with Crippen LogP contribution in [0.1, 0.15) is 20.8 Å². The first kappa shape index (κ1) is 15.9. The summed E-state index contributed by atoms with van der Waals surface area (Å²) in [4.78, 5) is 14.2. The molecule has 0 spiro atoms. The lowest BCUT2D eigenvalue weighted by Gasteiger charge is -2.28. The quantitative estimate of drug-likeness (QED) is 0.827. The van der Waals surface area contributed by atoms with Crippen molar-refractivity contribution in [1.82, 2.24) is 19.9 Å². The van der Waals surface area contributed by atoms with Gasteiger partial charge >= 0.3 is 6.01 Å². The second-order valence-electron chi connectivity index (χ2n) is 5.40. The Balaban J connectivity index is 2.66. The lowest BCUT2D eigenvalue weighted by Crippen LogP contribution is -2.34. The smallest absolute Gasteiger partial charge is 0.322 e. The van der Waals surface area contributed by atoms with Gasteiger partial charge in [0.15, 0.2) is 0 Å². The maximum Gasteiger partial charge on any atom is 0.322 e. The first-order valence-corrected chi connectivity index (χ1v) is 6.63. The second kappa shape index (κ2) is 6.86. The number of rotatable bonds is 7. The molecule has 0 aliphatic carbocycles. The number of anilines is 1. The monoisotopic (exact) mass is 287 g/mol. The number of nitrogens with one attached hydrogen (secondary N) is 1. The molecule has 0 unspecified atom stereocenters. The maximum absolute atomic E-state index is 5.83. The summed E-state index contributed by atoms with van der Waals surface area (Å²) in [5.41, 5.74) is 0.0916. The molecule has 0 atom stereocenters. The third-order valence-corrected chi connectivity index (χ3v) is 2.50. The Morgan fingerprint density at radius 2 is 1.95 bits per heavy atom. The largest absolute Gasteiger partial charge is 0.464 e. The van der Waals surface area contributed by atoms with Gasteiger partial charge in [-0.3, -0.25) is 0 Å². The van der Waals surface area contributed by atoms with Crippen LogP contribution in [0.15, 0.2) is 0 Å². The topological polar surface area (TPSA) is 63.2 Å². The van der Waals surface area contributed by atoms with Crippen molar-refractivity contribution in [1.29, 1.82) is 0 Å². The molecule has 0 amide bonds. The van der Waals surface area contributed by atoms with Gasteiger partial charge in [0.25, 0.3) is 0 Å². The Labute approximate surface area is 119 Å². The first-order valence-electron chi connectivity index (χ1n) is 6.25. The van der Waals surface area contributed by atoms with Gasteiger partial charge in [0, 0.05) is 13.1 Å². The van der Waals surface area contributed by atoms with Gasteiger partial charge in [-0.05, 0) is 38.0 Å². The number of hydrogen-bond donors (Lipinski definition) is 1. The van der Waals surface area contributed by atoms with Crippen molar-refractivity contribution in [2.24, 2.45) is 5.41 Å². The highest BCUT2D eigenvalue weighted by Gasteiger charge is 2.19. The Kier molecular flexibility index (Phi) is 5.75. The van der Waals surface area contributed by atoms with Crippen molar-refractivity contribution in [3.05, 3.63) is 5.28 Å². The van der Waals surface area contributed by atoms with Crippen LogP contribution in [0.3, 0.4) is 0 Å². The van der Waals surface area contributed by atoms with Crippen LogP contribution >= 0.6 is 11.6 Å². The summed E-state index contributed by atoms with van der Waals surface area (Å²) >= 11 is 5.83. The van der Waals surface area contributed by atoms with E-state index < -0.39 is 0 Å². The predicted molar refractivity (Wildman–Crippen MR) is 76.8 cm³/mol. The number of aromatic nitrogens is 3. The molecule has 0 aliphatic heterocycles. The summed E-state index contributed by atoms with van der Waals surface area (Å²) in [7, 11) is 4.10. The normalized spacial score (nSPS) is 11.7. The fourth-order valence-electron chi connectivity index (χ4n) is 1.83. The van der Waals surface area contributed by atoms with Gasteiger partial charge in [0.05, 0.1) is 6.61 Å².